The number of benzene rings is 2. The van der Waals surface area contributed by atoms with Gasteiger partial charge in [0.05, 0.1) is 6.61 Å². The molecule has 9 nitrogen and oxygen atoms in total. The number of phenols is 1. The number of phenolic OH excluding ortho intramolecular Hbond substituents is 1. The Morgan fingerprint density at radius 1 is 1.00 bits per heavy atom. The molecule has 0 aliphatic heterocycles. The lowest BCUT2D eigenvalue weighted by Crippen LogP contribution is -2.55. The molecular formula is C27H37N3O6. The summed E-state index contributed by atoms with van der Waals surface area (Å²) in [6, 6.07) is 8.97. The number of carbonyl (C=O) groups is 3. The molecule has 2 aromatic carbocycles. The molecule has 0 fully saturated rings. The smallest absolute Gasteiger partial charge is 0.408 e. The largest absolute Gasteiger partial charge is 0.507 e. The molecule has 36 heavy (non-hydrogen) atoms. The monoisotopic (exact) mass is 499 g/mol. The first-order valence-corrected chi connectivity index (χ1v) is 11.8. The Morgan fingerprint density at radius 2 is 1.61 bits per heavy atom. The van der Waals surface area contributed by atoms with Gasteiger partial charge in [0.25, 0.3) is 5.91 Å². The van der Waals surface area contributed by atoms with E-state index in [-0.39, 0.29) is 11.3 Å². The van der Waals surface area contributed by atoms with Crippen LogP contribution < -0.4 is 10.6 Å². The minimum Gasteiger partial charge on any atom is -0.507 e. The average molecular weight is 500 g/mol. The highest BCUT2D eigenvalue weighted by molar-refractivity contribution is 6.00. The van der Waals surface area contributed by atoms with E-state index >= 15 is 0 Å². The molecule has 0 radical (unpaired) electrons. The van der Waals surface area contributed by atoms with E-state index in [0.717, 1.165) is 5.56 Å². The van der Waals surface area contributed by atoms with Crippen LogP contribution in [0.3, 0.4) is 0 Å². The van der Waals surface area contributed by atoms with Crippen molar-refractivity contribution >= 4 is 23.6 Å². The Hall–Kier alpha value is -3.59. The quantitative estimate of drug-likeness (QED) is 0.437. The van der Waals surface area contributed by atoms with Crippen molar-refractivity contribution < 1.29 is 29.3 Å². The van der Waals surface area contributed by atoms with Crippen LogP contribution in [0.25, 0.3) is 0 Å². The van der Waals surface area contributed by atoms with E-state index < -0.39 is 48.2 Å². The first kappa shape index (κ1) is 28.6. The van der Waals surface area contributed by atoms with Gasteiger partial charge in [0.1, 0.15) is 23.4 Å². The molecule has 0 saturated carbocycles. The van der Waals surface area contributed by atoms with Gasteiger partial charge in [-0.25, -0.2) is 4.79 Å². The number of alkyl carbamates (subject to hydrolysis) is 1. The molecule has 0 spiro atoms. The fraction of sp³-hybridized carbons (Fsp3) is 0.444. The van der Waals surface area contributed by atoms with Crippen molar-refractivity contribution in [1.29, 1.82) is 0 Å². The molecule has 9 heteroatoms. The van der Waals surface area contributed by atoms with Crippen LogP contribution in [0.5, 0.6) is 5.75 Å². The summed E-state index contributed by atoms with van der Waals surface area (Å²) in [7, 11) is 0. The lowest BCUT2D eigenvalue weighted by molar-refractivity contribution is -0.143. The zero-order chi connectivity index (χ0) is 27.2. The summed E-state index contributed by atoms with van der Waals surface area (Å²) in [4.78, 5) is 41.0. The predicted molar refractivity (Wildman–Crippen MR) is 138 cm³/mol. The summed E-state index contributed by atoms with van der Waals surface area (Å²) in [5.41, 5.74) is 1.32. The number of ether oxygens (including phenoxy) is 1. The summed E-state index contributed by atoms with van der Waals surface area (Å²) >= 11 is 0. The van der Waals surface area contributed by atoms with Crippen molar-refractivity contribution in [2.75, 3.05) is 11.9 Å². The Bertz CT molecular complexity index is 1090. The molecule has 0 heterocycles. The Morgan fingerprint density at radius 3 is 2.17 bits per heavy atom. The van der Waals surface area contributed by atoms with Crippen LogP contribution in [0.2, 0.25) is 0 Å². The van der Waals surface area contributed by atoms with E-state index in [9.17, 15) is 24.6 Å². The van der Waals surface area contributed by atoms with Crippen molar-refractivity contribution in [3.63, 3.8) is 0 Å². The minimum atomic E-state index is -1.37. The lowest BCUT2D eigenvalue weighted by Gasteiger charge is -2.37. The second-order valence-corrected chi connectivity index (χ2v) is 9.94. The maximum absolute atomic E-state index is 13.7. The molecular weight excluding hydrogens is 462 g/mol. The maximum Gasteiger partial charge on any atom is 0.408 e. The van der Waals surface area contributed by atoms with Gasteiger partial charge in [-0.3, -0.25) is 9.59 Å². The third-order valence-electron chi connectivity index (χ3n) is 5.48. The number of aliphatic hydroxyl groups is 1. The van der Waals surface area contributed by atoms with Gasteiger partial charge in [-0.05, 0) is 65.7 Å². The summed E-state index contributed by atoms with van der Waals surface area (Å²) in [5.74, 6) is -1.38. The molecule has 0 aliphatic carbocycles. The highest BCUT2D eigenvalue weighted by Gasteiger charge is 2.39. The number of aryl methyl sites for hydroxylation is 2. The van der Waals surface area contributed by atoms with Crippen molar-refractivity contribution in [2.45, 2.75) is 72.2 Å². The van der Waals surface area contributed by atoms with Crippen LogP contribution >= 0.6 is 0 Å². The van der Waals surface area contributed by atoms with Gasteiger partial charge < -0.3 is 30.5 Å². The fourth-order valence-electron chi connectivity index (χ4n) is 3.73. The van der Waals surface area contributed by atoms with Crippen LogP contribution in [-0.4, -0.2) is 57.3 Å². The highest BCUT2D eigenvalue weighted by Crippen LogP contribution is 2.34. The van der Waals surface area contributed by atoms with Crippen molar-refractivity contribution in [2.24, 2.45) is 0 Å². The van der Waals surface area contributed by atoms with Gasteiger partial charge in [0.15, 0.2) is 0 Å². The molecule has 3 amide bonds. The number of anilines is 1. The number of hydrogen-bond donors (Lipinski definition) is 4. The predicted octanol–water partition coefficient (Wildman–Crippen LogP) is 3.81. The number of nitrogens with one attached hydrogen (secondary N) is 2. The molecule has 0 saturated heterocycles. The minimum absolute atomic E-state index is 0.124. The van der Waals surface area contributed by atoms with E-state index in [1.165, 1.54) is 4.90 Å². The Labute approximate surface area is 212 Å². The number of hydrogen-bond acceptors (Lipinski definition) is 6. The molecule has 0 aromatic heterocycles. The van der Waals surface area contributed by atoms with E-state index in [0.29, 0.717) is 11.3 Å². The number of carbonyl (C=O) groups excluding carboxylic acids is 3. The third-order valence-corrected chi connectivity index (χ3v) is 5.48. The number of nitrogens with zero attached hydrogens (tertiary/aromatic N) is 1. The van der Waals surface area contributed by atoms with Crippen LogP contribution in [0.4, 0.5) is 10.5 Å². The first-order chi connectivity index (χ1) is 16.8. The van der Waals surface area contributed by atoms with Gasteiger partial charge in [0.2, 0.25) is 5.91 Å². The standard InChI is InChI=1S/C27H37N3O6/c1-16(2)30(25(34)21(15-31)29-26(35)36-27(5,6)7)22(19-13-10-12-18(4)23(19)32)24(33)28-20-14-9-8-11-17(20)3/h8-14,16,21-22,31-32H,15H2,1-7H3,(H,28,33)(H,29,35). The lowest BCUT2D eigenvalue weighted by atomic mass is 9.98. The van der Waals surface area contributed by atoms with E-state index in [2.05, 4.69) is 10.6 Å². The number of aromatic hydroxyl groups is 1. The third kappa shape index (κ3) is 7.21. The van der Waals surface area contributed by atoms with Crippen molar-refractivity contribution in [1.82, 2.24) is 10.2 Å². The van der Waals surface area contributed by atoms with E-state index in [1.54, 1.807) is 71.9 Å². The summed E-state index contributed by atoms with van der Waals surface area (Å²) in [6.07, 6.45) is -0.877. The molecule has 4 N–H and O–H groups in total. The van der Waals surface area contributed by atoms with E-state index in [1.807, 2.05) is 19.1 Å². The molecule has 2 unspecified atom stereocenters. The highest BCUT2D eigenvalue weighted by atomic mass is 16.6. The van der Waals surface area contributed by atoms with Crippen molar-refractivity contribution in [3.8, 4) is 5.75 Å². The Kier molecular flexibility index (Phi) is 9.47. The maximum atomic E-state index is 13.7. The molecule has 2 atom stereocenters. The molecule has 0 bridgehead atoms. The van der Waals surface area contributed by atoms with Crippen LogP contribution in [0, 0.1) is 13.8 Å². The number of amides is 3. The van der Waals surface area contributed by atoms with Gasteiger partial charge in [-0.1, -0.05) is 36.4 Å². The first-order valence-electron chi connectivity index (χ1n) is 11.8. The van der Waals surface area contributed by atoms with Gasteiger partial charge in [0, 0.05) is 17.3 Å². The molecule has 2 rings (SSSR count). The normalized spacial score (nSPS) is 13.0. The van der Waals surface area contributed by atoms with Gasteiger partial charge in [-0.15, -0.1) is 0 Å². The molecule has 2 aromatic rings. The fourth-order valence-corrected chi connectivity index (χ4v) is 3.73. The number of rotatable bonds is 8. The summed E-state index contributed by atoms with van der Waals surface area (Å²) in [5, 5.41) is 26.1. The second kappa shape index (κ2) is 11.9. The van der Waals surface area contributed by atoms with Gasteiger partial charge >= 0.3 is 6.09 Å². The summed E-state index contributed by atoms with van der Waals surface area (Å²) < 4.78 is 5.23. The van der Waals surface area contributed by atoms with Crippen LogP contribution in [0.1, 0.15) is 57.4 Å². The number of para-hydroxylation sites is 2. The Balaban J connectivity index is 2.53. The molecule has 196 valence electrons. The zero-order valence-corrected chi connectivity index (χ0v) is 22.0. The second-order valence-electron chi connectivity index (χ2n) is 9.94. The van der Waals surface area contributed by atoms with Crippen LogP contribution in [-0.2, 0) is 14.3 Å². The van der Waals surface area contributed by atoms with Crippen LogP contribution in [0.15, 0.2) is 42.5 Å². The van der Waals surface area contributed by atoms with Gasteiger partial charge in [-0.2, -0.15) is 0 Å². The van der Waals surface area contributed by atoms with E-state index in [4.69, 9.17) is 4.74 Å². The topological polar surface area (TPSA) is 128 Å². The van der Waals surface area contributed by atoms with Crippen molar-refractivity contribution in [3.05, 3.63) is 59.2 Å². The summed E-state index contributed by atoms with van der Waals surface area (Å²) in [6.45, 7) is 11.3. The average Bonchev–Trinajstić information content (AvgIpc) is 2.77. The SMILES string of the molecule is Cc1ccccc1NC(=O)C(c1cccc(C)c1O)N(C(=O)C(CO)NC(=O)OC(C)(C)C)C(C)C. The molecule has 0 aliphatic rings. The zero-order valence-electron chi connectivity index (χ0n) is 22.0. The number of aliphatic hydroxyl groups excluding tert-OH is 1.